The molecule has 0 radical (unpaired) electrons. The van der Waals surface area contributed by atoms with Gasteiger partial charge in [-0.15, -0.1) is 0 Å². The van der Waals surface area contributed by atoms with Crippen molar-refractivity contribution in [1.29, 1.82) is 0 Å². The van der Waals surface area contributed by atoms with Gasteiger partial charge in [-0.05, 0) is 91.6 Å². The molecule has 72 heavy (non-hydrogen) atoms. The van der Waals surface area contributed by atoms with Crippen LogP contribution in [0.2, 0.25) is 5.02 Å². The highest BCUT2D eigenvalue weighted by Crippen LogP contribution is 2.45. The van der Waals surface area contributed by atoms with E-state index in [4.69, 9.17) is 41.0 Å². The fourth-order valence-electron chi connectivity index (χ4n) is 7.63. The maximum atomic E-state index is 13.9. The molecule has 1 saturated heterocycles. The zero-order chi connectivity index (χ0) is 52.9. The minimum absolute atomic E-state index is 0.0151. The second-order valence-corrected chi connectivity index (χ2v) is 20.1. The first-order valence-corrected chi connectivity index (χ1v) is 24.5. The highest BCUT2D eigenvalue weighted by molar-refractivity contribution is 6.32. The SMILES string of the molecule is COc1ccc(C[C@H]2NC(=O)/C=C\C[C@@H]([C@H](C)[C@H]3O[C@@H]3c3ccc(CNC(=O)OCc4ccc(NC(=O)[C@H](C)NC(=O)[C@@H](N)C(C)C)cc4)cc3)OC(=O)[C@H](CC(C)C)OC(=O)C(C)(C)CNC2=O)cc1Cl. The number of nitrogens with two attached hydrogens (primary N) is 1. The molecule has 5 rings (SSSR count). The number of amides is 5. The molecule has 19 heteroatoms. The molecule has 2 aliphatic rings. The number of methoxy groups -OCH3 is 1. The zero-order valence-electron chi connectivity index (χ0n) is 42.4. The van der Waals surface area contributed by atoms with Crippen molar-refractivity contribution in [2.24, 2.45) is 28.9 Å². The number of epoxide rings is 1. The zero-order valence-corrected chi connectivity index (χ0v) is 43.1. The Bertz CT molecular complexity index is 2430. The molecule has 0 unspecified atom stereocenters. The number of benzene rings is 3. The molecule has 0 bridgehead atoms. The summed E-state index contributed by atoms with van der Waals surface area (Å²) in [6, 6.07) is 16.7. The summed E-state index contributed by atoms with van der Waals surface area (Å²) in [6.07, 6.45) is -0.137. The number of rotatable bonds is 17. The second-order valence-electron chi connectivity index (χ2n) is 19.7. The minimum atomic E-state index is -1.26. The number of halogens is 1. The molecular weight excluding hydrogens is 948 g/mol. The largest absolute Gasteiger partial charge is 0.495 e. The number of hydrogen-bond donors (Lipinski definition) is 6. The van der Waals surface area contributed by atoms with Crippen molar-refractivity contribution in [3.63, 3.8) is 0 Å². The first-order valence-electron chi connectivity index (χ1n) is 24.1. The predicted molar refractivity (Wildman–Crippen MR) is 269 cm³/mol. The van der Waals surface area contributed by atoms with Gasteiger partial charge < -0.3 is 56.0 Å². The average Bonchev–Trinajstić information content (AvgIpc) is 4.14. The smallest absolute Gasteiger partial charge is 0.407 e. The topological polar surface area (TPSA) is 255 Å². The summed E-state index contributed by atoms with van der Waals surface area (Å²) in [5.74, 6) is -3.40. The van der Waals surface area contributed by atoms with E-state index in [0.717, 1.165) is 11.1 Å². The van der Waals surface area contributed by atoms with E-state index in [9.17, 15) is 33.6 Å². The Kier molecular flexibility index (Phi) is 20.2. The number of ether oxygens (including phenoxy) is 5. The molecule has 0 saturated carbocycles. The van der Waals surface area contributed by atoms with Gasteiger partial charge in [-0.25, -0.2) is 9.59 Å². The van der Waals surface area contributed by atoms with Crippen LogP contribution in [0.5, 0.6) is 5.75 Å². The van der Waals surface area contributed by atoms with E-state index in [0.29, 0.717) is 27.6 Å². The van der Waals surface area contributed by atoms with Crippen LogP contribution in [-0.4, -0.2) is 91.8 Å². The van der Waals surface area contributed by atoms with Gasteiger partial charge >= 0.3 is 18.0 Å². The molecule has 0 aliphatic carbocycles. The fraction of sp³-hybridized carbons (Fsp3) is 0.491. The summed E-state index contributed by atoms with van der Waals surface area (Å²) < 4.78 is 28.8. The highest BCUT2D eigenvalue weighted by Gasteiger charge is 2.48. The van der Waals surface area contributed by atoms with Gasteiger partial charge in [0.2, 0.25) is 23.6 Å². The molecule has 3 aromatic carbocycles. The van der Waals surface area contributed by atoms with Crippen LogP contribution in [-0.2, 0) is 67.3 Å². The van der Waals surface area contributed by atoms with E-state index in [1.807, 2.05) is 58.9 Å². The summed E-state index contributed by atoms with van der Waals surface area (Å²) in [7, 11) is 1.49. The van der Waals surface area contributed by atoms with Crippen LogP contribution in [0.15, 0.2) is 78.9 Å². The number of alkyl carbamates (subject to hydrolysis) is 1. The van der Waals surface area contributed by atoms with Gasteiger partial charge in [-0.1, -0.05) is 94.8 Å². The van der Waals surface area contributed by atoms with Crippen LogP contribution < -0.4 is 37.1 Å². The van der Waals surface area contributed by atoms with Gasteiger partial charge in [0.1, 0.15) is 36.6 Å². The van der Waals surface area contributed by atoms with E-state index in [1.165, 1.54) is 13.2 Å². The normalized spacial score (nSPS) is 22.2. The molecule has 5 amide bonds. The molecule has 0 spiro atoms. The molecular formula is C53H69ClN6O12. The van der Waals surface area contributed by atoms with Crippen molar-refractivity contribution in [2.75, 3.05) is 19.0 Å². The molecule has 3 aromatic rings. The lowest BCUT2D eigenvalue weighted by Crippen LogP contribution is -2.51. The van der Waals surface area contributed by atoms with Crippen LogP contribution in [0, 0.1) is 23.2 Å². The average molecular weight is 1020 g/mol. The van der Waals surface area contributed by atoms with Gasteiger partial charge in [0.05, 0.1) is 29.7 Å². The van der Waals surface area contributed by atoms with Crippen LogP contribution in [0.4, 0.5) is 10.5 Å². The van der Waals surface area contributed by atoms with Crippen molar-refractivity contribution in [3.8, 4) is 5.75 Å². The number of carbonyl (C=O) groups is 7. The first kappa shape index (κ1) is 56.4. The molecule has 2 aliphatic heterocycles. The Morgan fingerprint density at radius 2 is 1.56 bits per heavy atom. The number of nitrogens with one attached hydrogen (secondary N) is 5. The Labute approximate surface area is 426 Å². The van der Waals surface area contributed by atoms with Crippen molar-refractivity contribution in [1.82, 2.24) is 21.3 Å². The third-order valence-corrected chi connectivity index (χ3v) is 12.7. The van der Waals surface area contributed by atoms with Crippen LogP contribution in [0.1, 0.15) is 96.6 Å². The standard InChI is InChI=1S/C53H69ClN6O12/c1-29(2)23-42-50(65)70-40(11-10-12-43(61)60-39(25-35-17-22-41(68-9)38(54)24-35)48(63)57-28-53(7,8)51(66)71-42)31(5)45-46(72-45)36-18-13-33(14-19-36)26-56-52(67)69-27-34-15-20-37(21-16-34)59-47(62)32(6)58-49(64)44(55)30(3)4/h10,12-22,24,29-32,39-40,42,44-46H,11,23,25-28,55H2,1-9H3,(H,56,67)(H,57,63)(H,58,64)(H,59,62)(H,60,61)/b12-10-/t31-,32-,39+,40-,42-,44-,45+,46+/m0/s1. The minimum Gasteiger partial charge on any atom is -0.495 e. The molecule has 8 atom stereocenters. The van der Waals surface area contributed by atoms with E-state index in [1.54, 1.807) is 69.3 Å². The number of anilines is 1. The Morgan fingerprint density at radius 1 is 0.889 bits per heavy atom. The number of esters is 2. The molecule has 390 valence electrons. The van der Waals surface area contributed by atoms with E-state index in [2.05, 4.69) is 26.6 Å². The Balaban J connectivity index is 1.18. The van der Waals surface area contributed by atoms with Crippen molar-refractivity contribution < 1.29 is 57.2 Å². The van der Waals surface area contributed by atoms with Crippen molar-refractivity contribution in [3.05, 3.63) is 106 Å². The lowest BCUT2D eigenvalue weighted by atomic mass is 9.92. The molecule has 18 nitrogen and oxygen atoms in total. The predicted octanol–water partition coefficient (Wildman–Crippen LogP) is 5.98. The monoisotopic (exact) mass is 1020 g/mol. The summed E-state index contributed by atoms with van der Waals surface area (Å²) in [6.45, 7) is 14.1. The number of hydrogen-bond acceptors (Lipinski definition) is 13. The Hall–Kier alpha value is -6.50. The van der Waals surface area contributed by atoms with Gasteiger partial charge in [0.15, 0.2) is 6.10 Å². The molecule has 2 heterocycles. The number of cyclic esters (lactones) is 2. The van der Waals surface area contributed by atoms with Gasteiger partial charge in [0, 0.05) is 37.5 Å². The fourth-order valence-corrected chi connectivity index (χ4v) is 7.91. The van der Waals surface area contributed by atoms with E-state index < -0.39 is 77.4 Å². The highest BCUT2D eigenvalue weighted by atomic mass is 35.5. The van der Waals surface area contributed by atoms with Crippen LogP contribution >= 0.6 is 11.6 Å². The molecule has 7 N–H and O–H groups in total. The maximum absolute atomic E-state index is 13.9. The van der Waals surface area contributed by atoms with E-state index >= 15 is 0 Å². The maximum Gasteiger partial charge on any atom is 0.407 e. The summed E-state index contributed by atoms with van der Waals surface area (Å²) in [5, 5.41) is 14.0. The lowest BCUT2D eigenvalue weighted by Gasteiger charge is -2.29. The third-order valence-electron chi connectivity index (χ3n) is 12.4. The first-order chi connectivity index (χ1) is 34.0. The lowest BCUT2D eigenvalue weighted by molar-refractivity contribution is -0.179. The summed E-state index contributed by atoms with van der Waals surface area (Å²) in [5.41, 5.74) is 8.12. The summed E-state index contributed by atoms with van der Waals surface area (Å²) >= 11 is 6.37. The van der Waals surface area contributed by atoms with Crippen molar-refractivity contribution in [2.45, 2.75) is 130 Å². The van der Waals surface area contributed by atoms with Crippen LogP contribution in [0.25, 0.3) is 0 Å². The van der Waals surface area contributed by atoms with Gasteiger partial charge in [0.25, 0.3) is 0 Å². The molecule has 0 aromatic heterocycles. The van der Waals surface area contributed by atoms with Gasteiger partial charge in [-0.3, -0.25) is 24.0 Å². The number of carbonyl (C=O) groups excluding carboxylic acids is 7. The third kappa shape index (κ3) is 16.5. The van der Waals surface area contributed by atoms with Crippen molar-refractivity contribution >= 4 is 58.9 Å². The Morgan fingerprint density at radius 3 is 2.19 bits per heavy atom. The second kappa shape index (κ2) is 25.7. The van der Waals surface area contributed by atoms with Gasteiger partial charge in [-0.2, -0.15) is 0 Å². The summed E-state index contributed by atoms with van der Waals surface area (Å²) in [4.78, 5) is 92.0. The van der Waals surface area contributed by atoms with Crippen LogP contribution in [0.3, 0.4) is 0 Å². The quantitative estimate of drug-likeness (QED) is 0.0518. The van der Waals surface area contributed by atoms with E-state index in [-0.39, 0.29) is 68.9 Å². The molecule has 1 fully saturated rings.